The Labute approximate surface area is 214 Å². The van der Waals surface area contributed by atoms with Gasteiger partial charge >= 0.3 is 12.1 Å². The first kappa shape index (κ1) is 25.4. The lowest BCUT2D eigenvalue weighted by molar-refractivity contribution is -0.138. The molecular formula is C28H29NO6S. The maximum absolute atomic E-state index is 11.9. The second-order valence-electron chi connectivity index (χ2n) is 9.39. The topological polar surface area (TPSA) is 94.1 Å². The number of thioether (sulfide) groups is 1. The van der Waals surface area contributed by atoms with Gasteiger partial charge in [0, 0.05) is 11.5 Å². The van der Waals surface area contributed by atoms with Crippen molar-refractivity contribution in [1.29, 1.82) is 0 Å². The van der Waals surface area contributed by atoms with Crippen molar-refractivity contribution >= 4 is 23.8 Å². The van der Waals surface area contributed by atoms with E-state index in [1.54, 1.807) is 20.8 Å². The molecule has 8 heteroatoms. The van der Waals surface area contributed by atoms with Crippen LogP contribution in [0.5, 0.6) is 11.5 Å². The van der Waals surface area contributed by atoms with Crippen molar-refractivity contribution < 1.29 is 28.9 Å². The number of benzene rings is 3. The van der Waals surface area contributed by atoms with Crippen molar-refractivity contribution in [2.75, 3.05) is 12.5 Å². The molecule has 1 aliphatic rings. The molecule has 2 N–H and O–H groups in total. The van der Waals surface area contributed by atoms with E-state index >= 15 is 0 Å². The van der Waals surface area contributed by atoms with E-state index in [4.69, 9.17) is 14.2 Å². The second-order valence-corrected chi connectivity index (χ2v) is 10.4. The minimum Gasteiger partial charge on any atom is -0.480 e. The van der Waals surface area contributed by atoms with Crippen molar-refractivity contribution in [2.24, 2.45) is 0 Å². The summed E-state index contributed by atoms with van der Waals surface area (Å²) in [5, 5.41) is 11.8. The van der Waals surface area contributed by atoms with Gasteiger partial charge in [0.05, 0.1) is 0 Å². The third-order valence-corrected chi connectivity index (χ3v) is 6.53. The number of hydrogen-bond acceptors (Lipinski definition) is 6. The van der Waals surface area contributed by atoms with Crippen LogP contribution in [0.15, 0.2) is 66.7 Å². The van der Waals surface area contributed by atoms with Crippen LogP contribution < -0.4 is 14.8 Å². The van der Waals surface area contributed by atoms with Crippen LogP contribution in [0.3, 0.4) is 0 Å². The van der Waals surface area contributed by atoms with E-state index in [-0.39, 0.29) is 12.5 Å². The van der Waals surface area contributed by atoms with Gasteiger partial charge < -0.3 is 24.6 Å². The van der Waals surface area contributed by atoms with Crippen molar-refractivity contribution in [2.45, 2.75) is 38.2 Å². The summed E-state index contributed by atoms with van der Waals surface area (Å²) < 4.78 is 16.0. The summed E-state index contributed by atoms with van der Waals surface area (Å²) in [6.45, 7) is 5.45. The predicted molar refractivity (Wildman–Crippen MR) is 140 cm³/mol. The van der Waals surface area contributed by atoms with Gasteiger partial charge in [-0.1, -0.05) is 54.6 Å². The summed E-state index contributed by atoms with van der Waals surface area (Å²) in [6.07, 6.45) is -0.732. The molecule has 0 saturated carbocycles. The van der Waals surface area contributed by atoms with Crippen molar-refractivity contribution in [3.8, 4) is 33.8 Å². The molecule has 0 radical (unpaired) electrons. The maximum Gasteiger partial charge on any atom is 0.408 e. The molecule has 3 aromatic carbocycles. The summed E-state index contributed by atoms with van der Waals surface area (Å²) in [4.78, 5) is 23.4. The zero-order valence-corrected chi connectivity index (χ0v) is 21.3. The van der Waals surface area contributed by atoms with Gasteiger partial charge in [0.1, 0.15) is 11.6 Å². The van der Waals surface area contributed by atoms with E-state index in [9.17, 15) is 14.7 Å². The molecule has 7 nitrogen and oxygen atoms in total. The van der Waals surface area contributed by atoms with Crippen molar-refractivity contribution in [3.05, 3.63) is 72.3 Å². The Morgan fingerprint density at radius 1 is 0.917 bits per heavy atom. The Balaban J connectivity index is 1.31. The molecule has 1 unspecified atom stereocenters. The predicted octanol–water partition coefficient (Wildman–Crippen LogP) is 5.96. The number of carboxylic acids is 1. The molecule has 0 aromatic heterocycles. The summed E-state index contributed by atoms with van der Waals surface area (Å²) in [6, 6.07) is 21.4. The number of carboxylic acid groups (broad SMARTS) is 1. The van der Waals surface area contributed by atoms with E-state index in [0.717, 1.165) is 39.3 Å². The number of aliphatic carboxylic acids is 1. The molecule has 36 heavy (non-hydrogen) atoms. The van der Waals surface area contributed by atoms with Crippen LogP contribution in [0.25, 0.3) is 22.3 Å². The maximum atomic E-state index is 11.9. The number of carbonyl (C=O) groups is 2. The highest BCUT2D eigenvalue weighted by molar-refractivity contribution is 7.98. The molecule has 0 saturated heterocycles. The van der Waals surface area contributed by atoms with Gasteiger partial charge in [-0.05, 0) is 60.7 Å². The highest BCUT2D eigenvalue weighted by Crippen LogP contribution is 2.36. The first-order valence-electron chi connectivity index (χ1n) is 11.6. The molecule has 0 bridgehead atoms. The van der Waals surface area contributed by atoms with E-state index in [2.05, 4.69) is 41.7 Å². The van der Waals surface area contributed by atoms with Crippen LogP contribution in [-0.4, -0.2) is 41.4 Å². The third-order valence-electron chi connectivity index (χ3n) is 5.42. The summed E-state index contributed by atoms with van der Waals surface area (Å²) in [7, 11) is 0. The Bertz CT molecular complexity index is 1220. The minimum atomic E-state index is -1.09. The van der Waals surface area contributed by atoms with Crippen molar-refractivity contribution in [1.82, 2.24) is 5.32 Å². The van der Waals surface area contributed by atoms with Gasteiger partial charge in [0.2, 0.25) is 6.79 Å². The average molecular weight is 508 g/mol. The van der Waals surface area contributed by atoms with Crippen LogP contribution >= 0.6 is 11.8 Å². The van der Waals surface area contributed by atoms with Crippen LogP contribution in [0, 0.1) is 0 Å². The second kappa shape index (κ2) is 11.0. The first-order chi connectivity index (χ1) is 17.2. The average Bonchev–Trinajstić information content (AvgIpc) is 3.31. The van der Waals surface area contributed by atoms with Gasteiger partial charge in [0.15, 0.2) is 11.5 Å². The molecule has 1 atom stereocenters. The third kappa shape index (κ3) is 6.73. The van der Waals surface area contributed by atoms with Crippen LogP contribution in [0.4, 0.5) is 4.79 Å². The Kier molecular flexibility index (Phi) is 7.74. The number of nitrogens with one attached hydrogen (secondary N) is 1. The standard InChI is InChI=1S/C28H29NO6S/c1-28(2,3)35-27(32)29-23(26(30)31)16-36-15-18-4-6-19(7-5-18)20-8-10-21(11-9-20)22-12-13-24-25(14-22)34-17-33-24/h4-14,23H,15-17H2,1-3H3,(H,29,32)(H,30,31). The largest absolute Gasteiger partial charge is 0.480 e. The molecule has 3 aromatic rings. The molecule has 4 rings (SSSR count). The number of hydrogen-bond donors (Lipinski definition) is 2. The number of amides is 1. The summed E-state index contributed by atoms with van der Waals surface area (Å²) >= 11 is 1.44. The van der Waals surface area contributed by atoms with E-state index in [1.165, 1.54) is 11.8 Å². The molecule has 0 spiro atoms. The number of rotatable bonds is 8. The highest BCUT2D eigenvalue weighted by Gasteiger charge is 2.24. The fourth-order valence-electron chi connectivity index (χ4n) is 3.64. The fraction of sp³-hybridized carbons (Fsp3) is 0.286. The lowest BCUT2D eigenvalue weighted by Crippen LogP contribution is -2.44. The molecule has 188 valence electrons. The van der Waals surface area contributed by atoms with Gasteiger partial charge in [0.25, 0.3) is 0 Å². The highest BCUT2D eigenvalue weighted by atomic mass is 32.2. The van der Waals surface area contributed by atoms with Gasteiger partial charge in [-0.25, -0.2) is 9.59 Å². The quantitative estimate of drug-likeness (QED) is 0.388. The van der Waals surface area contributed by atoms with E-state index in [1.807, 2.05) is 30.3 Å². The monoisotopic (exact) mass is 507 g/mol. The smallest absolute Gasteiger partial charge is 0.408 e. The molecule has 1 amide bonds. The molecule has 0 fully saturated rings. The van der Waals surface area contributed by atoms with E-state index < -0.39 is 23.7 Å². The molecule has 0 aliphatic carbocycles. The molecule has 1 heterocycles. The zero-order chi connectivity index (χ0) is 25.7. The van der Waals surface area contributed by atoms with Crippen LogP contribution in [0.2, 0.25) is 0 Å². The van der Waals surface area contributed by atoms with Crippen LogP contribution in [-0.2, 0) is 15.3 Å². The number of ether oxygens (including phenoxy) is 3. The number of alkyl carbamates (subject to hydrolysis) is 1. The first-order valence-corrected chi connectivity index (χ1v) is 12.7. The zero-order valence-electron chi connectivity index (χ0n) is 20.4. The van der Waals surface area contributed by atoms with Gasteiger partial charge in [-0.3, -0.25) is 0 Å². The van der Waals surface area contributed by atoms with Gasteiger partial charge in [-0.15, -0.1) is 0 Å². The Morgan fingerprint density at radius 3 is 2.08 bits per heavy atom. The lowest BCUT2D eigenvalue weighted by atomic mass is 9.99. The minimum absolute atomic E-state index is 0.234. The summed E-state index contributed by atoms with van der Waals surface area (Å²) in [5.41, 5.74) is 4.75. The van der Waals surface area contributed by atoms with E-state index in [0.29, 0.717) is 5.75 Å². The Morgan fingerprint density at radius 2 is 1.47 bits per heavy atom. The van der Waals surface area contributed by atoms with Crippen molar-refractivity contribution in [3.63, 3.8) is 0 Å². The lowest BCUT2D eigenvalue weighted by Gasteiger charge is -2.21. The normalized spacial score (nSPS) is 13.2. The SMILES string of the molecule is CC(C)(C)OC(=O)NC(CSCc1ccc(-c2ccc(-c3ccc4c(c3)OCO4)cc2)cc1)C(=O)O. The van der Waals surface area contributed by atoms with Gasteiger partial charge in [-0.2, -0.15) is 11.8 Å². The van der Waals surface area contributed by atoms with Crippen LogP contribution in [0.1, 0.15) is 26.3 Å². The Hall–Kier alpha value is -3.65. The fourth-order valence-corrected chi connectivity index (χ4v) is 4.65. The number of fused-ring (bicyclic) bond motifs is 1. The summed E-state index contributed by atoms with van der Waals surface area (Å²) in [5.74, 6) is 1.31. The molecule has 1 aliphatic heterocycles. The molecular weight excluding hydrogens is 478 g/mol. The number of carbonyl (C=O) groups excluding carboxylic acids is 1.